The van der Waals surface area contributed by atoms with Crippen LogP contribution in [0.25, 0.3) is 0 Å². The minimum Gasteiger partial charge on any atom is -0.473 e. The van der Waals surface area contributed by atoms with E-state index in [4.69, 9.17) is 4.74 Å². The first-order valence-corrected chi connectivity index (χ1v) is 8.25. The number of ether oxygens (including phenoxy) is 1. The molecule has 0 bridgehead atoms. The second-order valence-electron chi connectivity index (χ2n) is 6.32. The number of nitrogens with zero attached hydrogens (tertiary/aromatic N) is 6. The van der Waals surface area contributed by atoms with Crippen LogP contribution in [0.5, 0.6) is 5.88 Å². The molecule has 0 unspecified atom stereocenters. The zero-order chi connectivity index (χ0) is 17.1. The third-order valence-corrected chi connectivity index (χ3v) is 4.12. The Labute approximate surface area is 142 Å². The summed E-state index contributed by atoms with van der Waals surface area (Å²) in [5.41, 5.74) is 1.71. The molecule has 1 aliphatic rings. The van der Waals surface area contributed by atoms with Crippen molar-refractivity contribution in [1.29, 1.82) is 0 Å². The van der Waals surface area contributed by atoms with Crippen molar-refractivity contribution in [3.05, 3.63) is 29.8 Å². The molecule has 0 saturated carbocycles. The molecule has 3 heterocycles. The highest BCUT2D eigenvalue weighted by molar-refractivity contribution is 5.42. The maximum atomic E-state index is 6.06. The number of piperidine rings is 1. The van der Waals surface area contributed by atoms with E-state index in [1.807, 2.05) is 45.1 Å². The molecular formula is C17H24N6O. The van der Waals surface area contributed by atoms with E-state index in [2.05, 4.69) is 24.8 Å². The van der Waals surface area contributed by atoms with Gasteiger partial charge in [-0.05, 0) is 19.9 Å². The first kappa shape index (κ1) is 16.4. The van der Waals surface area contributed by atoms with E-state index in [1.165, 1.54) is 0 Å². The van der Waals surface area contributed by atoms with Crippen LogP contribution in [0.3, 0.4) is 0 Å². The Balaban J connectivity index is 1.61. The van der Waals surface area contributed by atoms with Crippen LogP contribution < -0.4 is 14.5 Å². The summed E-state index contributed by atoms with van der Waals surface area (Å²) in [5.74, 6) is 2.36. The molecular weight excluding hydrogens is 304 g/mol. The van der Waals surface area contributed by atoms with Gasteiger partial charge in [0, 0.05) is 52.4 Å². The summed E-state index contributed by atoms with van der Waals surface area (Å²) in [6.45, 7) is 5.61. The molecule has 1 aliphatic heterocycles. The molecule has 0 N–H and O–H groups in total. The Hall–Kier alpha value is -2.44. The normalized spacial score (nSPS) is 15.4. The van der Waals surface area contributed by atoms with Crippen molar-refractivity contribution < 1.29 is 4.74 Å². The summed E-state index contributed by atoms with van der Waals surface area (Å²) in [7, 11) is 3.97. The lowest BCUT2D eigenvalue weighted by molar-refractivity contribution is 0.161. The summed E-state index contributed by atoms with van der Waals surface area (Å²) < 4.78 is 6.06. The van der Waals surface area contributed by atoms with E-state index < -0.39 is 0 Å². The smallest absolute Gasteiger partial charge is 0.235 e. The molecule has 0 radical (unpaired) electrons. The first-order chi connectivity index (χ1) is 11.5. The Kier molecular flexibility index (Phi) is 4.78. The van der Waals surface area contributed by atoms with Crippen LogP contribution in [0.1, 0.15) is 24.2 Å². The zero-order valence-corrected chi connectivity index (χ0v) is 14.7. The lowest BCUT2D eigenvalue weighted by Gasteiger charge is -2.32. The van der Waals surface area contributed by atoms with Crippen LogP contribution in [0.15, 0.2) is 18.5 Å². The molecule has 0 aromatic carbocycles. The van der Waals surface area contributed by atoms with Gasteiger partial charge in [-0.25, -0.2) is 9.97 Å². The van der Waals surface area contributed by atoms with Gasteiger partial charge in [0.2, 0.25) is 11.8 Å². The van der Waals surface area contributed by atoms with Gasteiger partial charge >= 0.3 is 0 Å². The summed E-state index contributed by atoms with van der Waals surface area (Å²) >= 11 is 0. The Morgan fingerprint density at radius 1 is 1.12 bits per heavy atom. The van der Waals surface area contributed by atoms with E-state index >= 15 is 0 Å². The molecule has 0 atom stereocenters. The topological polar surface area (TPSA) is 67.3 Å². The van der Waals surface area contributed by atoms with Crippen LogP contribution in [-0.2, 0) is 0 Å². The molecule has 2 aromatic heterocycles. The van der Waals surface area contributed by atoms with Gasteiger partial charge < -0.3 is 14.5 Å². The van der Waals surface area contributed by atoms with Gasteiger partial charge in [0.15, 0.2) is 0 Å². The van der Waals surface area contributed by atoms with Crippen LogP contribution in [0, 0.1) is 13.8 Å². The van der Waals surface area contributed by atoms with Crippen molar-refractivity contribution in [2.24, 2.45) is 0 Å². The van der Waals surface area contributed by atoms with Gasteiger partial charge in [-0.2, -0.15) is 4.98 Å². The lowest BCUT2D eigenvalue weighted by Crippen LogP contribution is -2.39. The average molecular weight is 328 g/mol. The van der Waals surface area contributed by atoms with Gasteiger partial charge in [-0.15, -0.1) is 0 Å². The van der Waals surface area contributed by atoms with E-state index in [-0.39, 0.29) is 6.10 Å². The molecule has 1 fully saturated rings. The largest absolute Gasteiger partial charge is 0.473 e. The number of aryl methyl sites for hydroxylation is 2. The van der Waals surface area contributed by atoms with Crippen LogP contribution in [0.4, 0.5) is 11.8 Å². The molecule has 1 saturated heterocycles. The quantitative estimate of drug-likeness (QED) is 0.850. The molecule has 0 amide bonds. The molecule has 0 spiro atoms. The fourth-order valence-corrected chi connectivity index (χ4v) is 2.70. The van der Waals surface area contributed by atoms with Crippen molar-refractivity contribution in [1.82, 2.24) is 19.9 Å². The van der Waals surface area contributed by atoms with Gasteiger partial charge in [-0.3, -0.25) is 4.98 Å². The Bertz CT molecular complexity index is 697. The van der Waals surface area contributed by atoms with Gasteiger partial charge in [-0.1, -0.05) is 0 Å². The monoisotopic (exact) mass is 328 g/mol. The van der Waals surface area contributed by atoms with Crippen molar-refractivity contribution in [3.8, 4) is 5.88 Å². The Morgan fingerprint density at radius 2 is 1.88 bits per heavy atom. The highest BCUT2D eigenvalue weighted by Gasteiger charge is 2.23. The third-order valence-electron chi connectivity index (χ3n) is 4.12. The van der Waals surface area contributed by atoms with Gasteiger partial charge in [0.1, 0.15) is 11.9 Å². The molecule has 24 heavy (non-hydrogen) atoms. The van der Waals surface area contributed by atoms with E-state index in [9.17, 15) is 0 Å². The minimum absolute atomic E-state index is 0.160. The molecule has 128 valence electrons. The molecule has 2 aromatic rings. The van der Waals surface area contributed by atoms with Crippen molar-refractivity contribution in [2.45, 2.75) is 32.8 Å². The number of aromatic nitrogens is 4. The number of anilines is 2. The first-order valence-electron chi connectivity index (χ1n) is 8.25. The molecule has 3 rings (SSSR count). The van der Waals surface area contributed by atoms with E-state index in [1.54, 1.807) is 6.20 Å². The maximum absolute atomic E-state index is 6.06. The van der Waals surface area contributed by atoms with Crippen molar-refractivity contribution >= 4 is 11.8 Å². The summed E-state index contributed by atoms with van der Waals surface area (Å²) in [5, 5.41) is 0. The molecule has 0 aliphatic carbocycles. The SMILES string of the molecule is Cc1cnc(C)c(OC2CCN(c3nccc(N(C)C)n3)CC2)n1. The predicted octanol–water partition coefficient (Wildman–Crippen LogP) is 2.00. The number of hydrogen-bond donors (Lipinski definition) is 0. The van der Waals surface area contributed by atoms with Crippen LogP contribution in [0.2, 0.25) is 0 Å². The van der Waals surface area contributed by atoms with Crippen molar-refractivity contribution in [2.75, 3.05) is 37.0 Å². The van der Waals surface area contributed by atoms with Gasteiger partial charge in [0.25, 0.3) is 0 Å². The highest BCUT2D eigenvalue weighted by Crippen LogP contribution is 2.22. The van der Waals surface area contributed by atoms with E-state index in [0.29, 0.717) is 5.88 Å². The summed E-state index contributed by atoms with van der Waals surface area (Å²) in [4.78, 5) is 22.0. The molecule has 7 nitrogen and oxygen atoms in total. The van der Waals surface area contributed by atoms with Gasteiger partial charge in [0.05, 0.1) is 11.4 Å². The van der Waals surface area contributed by atoms with E-state index in [0.717, 1.165) is 49.1 Å². The number of rotatable bonds is 4. The van der Waals surface area contributed by atoms with Crippen LogP contribution >= 0.6 is 0 Å². The van der Waals surface area contributed by atoms with Crippen molar-refractivity contribution in [3.63, 3.8) is 0 Å². The second-order valence-corrected chi connectivity index (χ2v) is 6.32. The lowest BCUT2D eigenvalue weighted by atomic mass is 10.1. The minimum atomic E-state index is 0.160. The number of hydrogen-bond acceptors (Lipinski definition) is 7. The zero-order valence-electron chi connectivity index (χ0n) is 14.7. The standard InChI is InChI=1S/C17H24N6O/c1-12-11-19-13(2)16(20-12)24-14-6-9-23(10-7-14)17-18-8-5-15(21-17)22(3)4/h5,8,11,14H,6-7,9-10H2,1-4H3. The summed E-state index contributed by atoms with van der Waals surface area (Å²) in [6, 6.07) is 1.92. The second kappa shape index (κ2) is 6.98. The van der Waals surface area contributed by atoms with Crippen LogP contribution in [-0.4, -0.2) is 53.2 Å². The average Bonchev–Trinajstić information content (AvgIpc) is 2.59. The molecule has 7 heteroatoms. The fourth-order valence-electron chi connectivity index (χ4n) is 2.70. The fraction of sp³-hybridized carbons (Fsp3) is 0.529. The summed E-state index contributed by atoms with van der Waals surface area (Å²) in [6.07, 6.45) is 5.58. The third kappa shape index (κ3) is 3.72. The highest BCUT2D eigenvalue weighted by atomic mass is 16.5. The predicted molar refractivity (Wildman–Crippen MR) is 93.7 cm³/mol. The maximum Gasteiger partial charge on any atom is 0.235 e. The Morgan fingerprint density at radius 3 is 2.58 bits per heavy atom.